The van der Waals surface area contributed by atoms with Crippen LogP contribution in [0.3, 0.4) is 0 Å². The van der Waals surface area contributed by atoms with Crippen molar-refractivity contribution in [3.63, 3.8) is 0 Å². The number of allylic oxidation sites excluding steroid dienone is 4. The van der Waals surface area contributed by atoms with Crippen LogP contribution in [0.15, 0.2) is 107 Å². The van der Waals surface area contributed by atoms with Crippen molar-refractivity contribution < 1.29 is 14.4 Å². The van der Waals surface area contributed by atoms with E-state index in [0.29, 0.717) is 5.76 Å². The van der Waals surface area contributed by atoms with Crippen LogP contribution in [0.1, 0.15) is 43.5 Å². The minimum absolute atomic E-state index is 0.261. The summed E-state index contributed by atoms with van der Waals surface area (Å²) in [5, 5.41) is 13.8. The molecule has 2 unspecified atom stereocenters. The minimum Gasteiger partial charge on any atom is -0.456 e. The molecule has 4 heteroatoms. The van der Waals surface area contributed by atoms with E-state index in [1.807, 2.05) is 67.6 Å². The highest BCUT2D eigenvalue weighted by atomic mass is 16.7. The van der Waals surface area contributed by atoms with E-state index < -0.39 is 6.10 Å². The zero-order valence-electron chi connectivity index (χ0n) is 20.2. The van der Waals surface area contributed by atoms with Crippen molar-refractivity contribution in [2.24, 2.45) is 0 Å². The normalized spacial score (nSPS) is 17.4. The number of hydrogen-bond acceptors (Lipinski definition) is 4. The second-order valence-corrected chi connectivity index (χ2v) is 8.76. The molecule has 1 N–H and O–H groups in total. The van der Waals surface area contributed by atoms with Crippen molar-refractivity contribution in [3.05, 3.63) is 120 Å². The third kappa shape index (κ3) is 4.53. The first-order valence-electron chi connectivity index (χ1n) is 11.9. The molecule has 4 nitrogen and oxygen atoms in total. The highest BCUT2D eigenvalue weighted by molar-refractivity contribution is 6.07. The van der Waals surface area contributed by atoms with Gasteiger partial charge in [-0.15, -0.1) is 0 Å². The Bertz CT molecular complexity index is 1470. The summed E-state index contributed by atoms with van der Waals surface area (Å²) in [5.74, 6) is 0.621. The molecule has 1 aromatic heterocycles. The molecule has 4 aromatic rings. The summed E-state index contributed by atoms with van der Waals surface area (Å²) in [5.41, 5.74) is 6.03. The fraction of sp³-hybridized carbons (Fsp3) is 0.161. The van der Waals surface area contributed by atoms with Gasteiger partial charge >= 0.3 is 0 Å². The lowest BCUT2D eigenvalue weighted by molar-refractivity contribution is -0.0985. The molecular weight excluding hydrogens is 434 g/mol. The second kappa shape index (κ2) is 9.69. The monoisotopic (exact) mass is 463 g/mol. The van der Waals surface area contributed by atoms with Gasteiger partial charge in [0.2, 0.25) is 0 Å². The number of furan rings is 1. The SMILES string of the molecule is C/C=C/c1ccc2c(oc3ccccc32)c1C1C=C(c2ccccc2)C=CN1O/C(C)=C\C(C)O. The van der Waals surface area contributed by atoms with Gasteiger partial charge in [0.25, 0.3) is 0 Å². The van der Waals surface area contributed by atoms with E-state index in [4.69, 9.17) is 9.25 Å². The van der Waals surface area contributed by atoms with Gasteiger partial charge in [0, 0.05) is 22.5 Å². The molecule has 0 amide bonds. The van der Waals surface area contributed by atoms with Crippen molar-refractivity contribution in [3.8, 4) is 0 Å². The molecule has 0 fully saturated rings. The number of benzene rings is 3. The fourth-order valence-electron chi connectivity index (χ4n) is 4.66. The maximum Gasteiger partial charge on any atom is 0.141 e. The first-order chi connectivity index (χ1) is 17.0. The van der Waals surface area contributed by atoms with Crippen molar-refractivity contribution in [2.45, 2.75) is 32.9 Å². The summed E-state index contributed by atoms with van der Waals surface area (Å²) >= 11 is 0. The Hall–Kier alpha value is -4.02. The summed E-state index contributed by atoms with van der Waals surface area (Å²) < 4.78 is 6.46. The van der Waals surface area contributed by atoms with E-state index in [0.717, 1.165) is 44.2 Å². The average Bonchev–Trinajstić information content (AvgIpc) is 3.23. The molecule has 0 radical (unpaired) electrons. The molecule has 0 bridgehead atoms. The van der Waals surface area contributed by atoms with Gasteiger partial charge in [-0.25, -0.2) is 5.06 Å². The van der Waals surface area contributed by atoms with Crippen molar-refractivity contribution in [2.75, 3.05) is 0 Å². The van der Waals surface area contributed by atoms with Crippen molar-refractivity contribution in [1.29, 1.82) is 0 Å². The summed E-state index contributed by atoms with van der Waals surface area (Å²) in [6, 6.07) is 22.5. The van der Waals surface area contributed by atoms with Gasteiger partial charge in [-0.3, -0.25) is 0 Å². The van der Waals surface area contributed by atoms with Crippen molar-refractivity contribution in [1.82, 2.24) is 5.06 Å². The van der Waals surface area contributed by atoms with E-state index in [1.165, 1.54) is 0 Å². The molecule has 0 saturated carbocycles. The number of hydrogen-bond donors (Lipinski definition) is 1. The summed E-state index contributed by atoms with van der Waals surface area (Å²) in [6.07, 6.45) is 11.4. The van der Waals surface area contributed by atoms with E-state index in [1.54, 1.807) is 13.0 Å². The van der Waals surface area contributed by atoms with Crippen LogP contribution in [-0.2, 0) is 4.84 Å². The standard InChI is InChI=1S/C31H29NO3/c1-4-10-24-15-16-27-26-13-8-9-14-29(26)34-31(27)30(24)28-20-25(23-11-6-5-7-12-23)17-18-32(28)35-22(3)19-21(2)33/h4-21,28,33H,1-3H3/b10-4+,22-19-. The molecule has 2 atom stereocenters. The Morgan fingerprint density at radius 3 is 2.57 bits per heavy atom. The molecule has 35 heavy (non-hydrogen) atoms. The number of rotatable bonds is 6. The Morgan fingerprint density at radius 2 is 1.80 bits per heavy atom. The minimum atomic E-state index is -0.602. The first-order valence-corrected chi connectivity index (χ1v) is 11.9. The zero-order chi connectivity index (χ0) is 24.4. The number of nitrogens with zero attached hydrogens (tertiary/aromatic N) is 1. The quantitative estimate of drug-likeness (QED) is 0.296. The van der Waals surface area contributed by atoms with Gasteiger partial charge in [0.05, 0.1) is 6.10 Å². The van der Waals surface area contributed by atoms with Crippen LogP contribution in [0.25, 0.3) is 33.6 Å². The predicted molar refractivity (Wildman–Crippen MR) is 143 cm³/mol. The van der Waals surface area contributed by atoms with Gasteiger partial charge in [-0.2, -0.15) is 0 Å². The summed E-state index contributed by atoms with van der Waals surface area (Å²) in [6.45, 7) is 5.58. The van der Waals surface area contributed by atoms with E-state index in [-0.39, 0.29) is 6.04 Å². The maximum absolute atomic E-state index is 9.83. The number of aliphatic hydroxyl groups excluding tert-OH is 1. The molecule has 0 aliphatic carbocycles. The Labute approximate surface area is 205 Å². The molecule has 0 spiro atoms. The van der Waals surface area contributed by atoms with Gasteiger partial charge in [0.1, 0.15) is 23.0 Å². The second-order valence-electron chi connectivity index (χ2n) is 8.76. The molecule has 3 aromatic carbocycles. The lowest BCUT2D eigenvalue weighted by Crippen LogP contribution is -2.25. The lowest BCUT2D eigenvalue weighted by atomic mass is 9.92. The number of hydroxylamine groups is 2. The third-order valence-corrected chi connectivity index (χ3v) is 6.11. The lowest BCUT2D eigenvalue weighted by Gasteiger charge is -2.32. The fourth-order valence-corrected chi connectivity index (χ4v) is 4.66. The maximum atomic E-state index is 9.83. The molecule has 1 aliphatic heterocycles. The topological polar surface area (TPSA) is 45.8 Å². The van der Waals surface area contributed by atoms with Crippen LogP contribution in [0, 0.1) is 0 Å². The van der Waals surface area contributed by atoms with E-state index in [9.17, 15) is 5.11 Å². The molecule has 176 valence electrons. The summed E-state index contributed by atoms with van der Waals surface area (Å²) in [4.78, 5) is 6.25. The molecule has 5 rings (SSSR count). The number of para-hydroxylation sites is 1. The molecule has 0 saturated heterocycles. The molecular formula is C31H29NO3. The Morgan fingerprint density at radius 1 is 1.03 bits per heavy atom. The predicted octanol–water partition coefficient (Wildman–Crippen LogP) is 7.79. The van der Waals surface area contributed by atoms with Crippen molar-refractivity contribution >= 4 is 33.6 Å². The van der Waals surface area contributed by atoms with Crippen LogP contribution >= 0.6 is 0 Å². The van der Waals surface area contributed by atoms with Crippen LogP contribution in [0.2, 0.25) is 0 Å². The summed E-state index contributed by atoms with van der Waals surface area (Å²) in [7, 11) is 0. The van der Waals surface area contributed by atoms with Gasteiger partial charge in [-0.1, -0.05) is 66.7 Å². The van der Waals surface area contributed by atoms with Crippen LogP contribution in [0.5, 0.6) is 0 Å². The van der Waals surface area contributed by atoms with Crippen LogP contribution < -0.4 is 0 Å². The Balaban J connectivity index is 1.73. The van der Waals surface area contributed by atoms with Crippen LogP contribution in [-0.4, -0.2) is 16.3 Å². The average molecular weight is 464 g/mol. The van der Waals surface area contributed by atoms with E-state index >= 15 is 0 Å². The Kier molecular flexibility index (Phi) is 6.30. The largest absolute Gasteiger partial charge is 0.456 e. The molecule has 1 aliphatic rings. The van der Waals surface area contributed by atoms with Crippen LogP contribution in [0.4, 0.5) is 0 Å². The number of aliphatic hydroxyl groups is 1. The smallest absolute Gasteiger partial charge is 0.141 e. The van der Waals surface area contributed by atoms with Gasteiger partial charge in [0.15, 0.2) is 0 Å². The third-order valence-electron chi connectivity index (χ3n) is 6.11. The first kappa shape index (κ1) is 22.8. The highest BCUT2D eigenvalue weighted by Gasteiger charge is 2.28. The zero-order valence-corrected chi connectivity index (χ0v) is 20.2. The van der Waals surface area contributed by atoms with E-state index in [2.05, 4.69) is 48.6 Å². The van der Waals surface area contributed by atoms with Gasteiger partial charge in [-0.05, 0) is 67.8 Å². The molecule has 2 heterocycles. The number of fused-ring (bicyclic) bond motifs is 3. The van der Waals surface area contributed by atoms with Gasteiger partial charge < -0.3 is 14.4 Å². The highest BCUT2D eigenvalue weighted by Crippen LogP contribution is 2.41.